The molecule has 0 radical (unpaired) electrons. The van der Waals surface area contributed by atoms with Gasteiger partial charge in [0.25, 0.3) is 11.6 Å². The number of benzene rings is 2. The van der Waals surface area contributed by atoms with Gasteiger partial charge in [0.05, 0.1) is 6.54 Å². The molecule has 1 aliphatic heterocycles. The van der Waals surface area contributed by atoms with Gasteiger partial charge in [-0.3, -0.25) is 0 Å². The van der Waals surface area contributed by atoms with E-state index in [0.717, 1.165) is 42.3 Å². The standard InChI is InChI=1S/C18H18N3O/c22-17(14-8-3-1-4-9-14)18-20-13-7-12-16(20)19-21(18)15-10-5-2-6-11-15/h1-6,8-11,17,22H,7,12-13H2/q+1/t17-/m1/s1. The average Bonchev–Trinajstić information content (AvgIpc) is 3.16. The van der Waals surface area contributed by atoms with Crippen molar-refractivity contribution in [3.8, 4) is 5.69 Å². The summed E-state index contributed by atoms with van der Waals surface area (Å²) in [6.45, 7) is 0.918. The number of aliphatic hydroxyl groups excluding tert-OH is 1. The van der Waals surface area contributed by atoms with E-state index in [-0.39, 0.29) is 0 Å². The molecule has 1 atom stereocenters. The third kappa shape index (κ3) is 2.12. The van der Waals surface area contributed by atoms with Crippen LogP contribution in [0.15, 0.2) is 60.7 Å². The van der Waals surface area contributed by atoms with E-state index in [0.29, 0.717) is 0 Å². The first-order chi connectivity index (χ1) is 10.8. The highest BCUT2D eigenvalue weighted by atomic mass is 16.3. The van der Waals surface area contributed by atoms with Gasteiger partial charge in [0, 0.05) is 11.5 Å². The van der Waals surface area contributed by atoms with Gasteiger partial charge in [-0.1, -0.05) is 53.2 Å². The quantitative estimate of drug-likeness (QED) is 0.752. The van der Waals surface area contributed by atoms with Crippen LogP contribution in [-0.4, -0.2) is 14.9 Å². The van der Waals surface area contributed by atoms with Crippen LogP contribution in [-0.2, 0) is 13.0 Å². The Kier molecular flexibility index (Phi) is 3.24. The molecule has 4 heteroatoms. The summed E-state index contributed by atoms with van der Waals surface area (Å²) in [7, 11) is 0. The number of aryl methyl sites for hydroxylation is 1. The summed E-state index contributed by atoms with van der Waals surface area (Å²) in [6.07, 6.45) is 1.38. The molecule has 4 nitrogen and oxygen atoms in total. The summed E-state index contributed by atoms with van der Waals surface area (Å²) in [5.41, 5.74) is 1.87. The van der Waals surface area contributed by atoms with Gasteiger partial charge in [-0.05, 0) is 24.1 Å². The second kappa shape index (κ2) is 5.39. The largest absolute Gasteiger partial charge is 0.377 e. The molecule has 4 rings (SSSR count). The van der Waals surface area contributed by atoms with E-state index in [4.69, 9.17) is 5.10 Å². The molecule has 0 spiro atoms. The zero-order valence-corrected chi connectivity index (χ0v) is 12.3. The first-order valence-corrected chi connectivity index (χ1v) is 7.64. The van der Waals surface area contributed by atoms with E-state index >= 15 is 0 Å². The van der Waals surface area contributed by atoms with Gasteiger partial charge in [0.2, 0.25) is 0 Å². The SMILES string of the molecule is O[C@H](c1ccccc1)c1n(-c2ccccc2)nc2[n+]1CCC2. The monoisotopic (exact) mass is 292 g/mol. The lowest BCUT2D eigenvalue weighted by molar-refractivity contribution is -0.701. The molecule has 0 bridgehead atoms. The third-order valence-electron chi connectivity index (χ3n) is 4.16. The topological polar surface area (TPSA) is 41.9 Å². The molecule has 0 fully saturated rings. The molecule has 1 aliphatic rings. The number of aliphatic hydroxyl groups is 1. The van der Waals surface area contributed by atoms with Gasteiger partial charge in [-0.15, -0.1) is 0 Å². The molecule has 0 saturated heterocycles. The minimum absolute atomic E-state index is 0.680. The fourth-order valence-corrected chi connectivity index (χ4v) is 3.10. The summed E-state index contributed by atoms with van der Waals surface area (Å²) in [5, 5.41) is 15.6. The molecule has 0 unspecified atom stereocenters. The van der Waals surface area contributed by atoms with Gasteiger partial charge < -0.3 is 5.11 Å². The van der Waals surface area contributed by atoms with Crippen molar-refractivity contribution in [2.45, 2.75) is 25.5 Å². The van der Waals surface area contributed by atoms with Crippen molar-refractivity contribution in [1.29, 1.82) is 0 Å². The number of para-hydroxylation sites is 1. The minimum atomic E-state index is -0.680. The number of hydrogen-bond acceptors (Lipinski definition) is 2. The van der Waals surface area contributed by atoms with Crippen molar-refractivity contribution in [2.75, 3.05) is 0 Å². The van der Waals surface area contributed by atoms with Crippen LogP contribution in [0.25, 0.3) is 5.69 Å². The number of nitrogens with zero attached hydrogens (tertiary/aromatic N) is 3. The van der Waals surface area contributed by atoms with E-state index in [9.17, 15) is 5.11 Å². The molecule has 110 valence electrons. The lowest BCUT2D eigenvalue weighted by Crippen LogP contribution is -2.38. The van der Waals surface area contributed by atoms with Gasteiger partial charge in [-0.2, -0.15) is 0 Å². The lowest BCUT2D eigenvalue weighted by atomic mass is 10.1. The smallest absolute Gasteiger partial charge is 0.278 e. The molecule has 0 amide bonds. The van der Waals surface area contributed by atoms with Crippen LogP contribution in [0.3, 0.4) is 0 Å². The summed E-state index contributed by atoms with van der Waals surface area (Å²) < 4.78 is 4.04. The molecular weight excluding hydrogens is 274 g/mol. The Morgan fingerprint density at radius 3 is 2.41 bits per heavy atom. The van der Waals surface area contributed by atoms with E-state index < -0.39 is 6.10 Å². The van der Waals surface area contributed by atoms with Crippen molar-refractivity contribution in [3.63, 3.8) is 0 Å². The van der Waals surface area contributed by atoms with Crippen LogP contribution < -0.4 is 4.57 Å². The van der Waals surface area contributed by atoms with Crippen molar-refractivity contribution < 1.29 is 9.67 Å². The highest BCUT2D eigenvalue weighted by molar-refractivity contribution is 5.32. The van der Waals surface area contributed by atoms with E-state index in [2.05, 4.69) is 4.57 Å². The summed E-state index contributed by atoms with van der Waals surface area (Å²) in [6, 6.07) is 19.8. The Labute approximate surface area is 129 Å². The third-order valence-corrected chi connectivity index (χ3v) is 4.16. The Hall–Kier alpha value is -2.46. The van der Waals surface area contributed by atoms with Crippen LogP contribution >= 0.6 is 0 Å². The van der Waals surface area contributed by atoms with Gasteiger partial charge in [0.15, 0.2) is 6.10 Å². The molecule has 2 heterocycles. The number of aromatic nitrogens is 3. The van der Waals surface area contributed by atoms with Crippen LogP contribution in [0, 0.1) is 0 Å². The molecule has 1 N–H and O–H groups in total. The van der Waals surface area contributed by atoms with Crippen LogP contribution in [0.1, 0.15) is 29.7 Å². The van der Waals surface area contributed by atoms with Crippen molar-refractivity contribution in [1.82, 2.24) is 9.78 Å². The molecule has 0 saturated carbocycles. The molecular formula is C18H18N3O+. The molecule has 22 heavy (non-hydrogen) atoms. The molecule has 3 aromatic rings. The summed E-state index contributed by atoms with van der Waals surface area (Å²) in [5.74, 6) is 1.89. The zero-order valence-electron chi connectivity index (χ0n) is 12.3. The highest BCUT2D eigenvalue weighted by Gasteiger charge is 2.35. The molecule has 0 aliphatic carbocycles. The number of rotatable bonds is 3. The second-order valence-electron chi connectivity index (χ2n) is 5.59. The van der Waals surface area contributed by atoms with Crippen molar-refractivity contribution in [3.05, 3.63) is 77.9 Å². The summed E-state index contributed by atoms with van der Waals surface area (Å²) >= 11 is 0. The fourth-order valence-electron chi connectivity index (χ4n) is 3.10. The first kappa shape index (κ1) is 13.2. The predicted octanol–water partition coefficient (Wildman–Crippen LogP) is 2.19. The maximum Gasteiger partial charge on any atom is 0.278 e. The number of fused-ring (bicyclic) bond motifs is 1. The van der Waals surface area contributed by atoms with Gasteiger partial charge >= 0.3 is 0 Å². The number of hydrogen-bond donors (Lipinski definition) is 1. The average molecular weight is 292 g/mol. The second-order valence-corrected chi connectivity index (χ2v) is 5.59. The van der Waals surface area contributed by atoms with Gasteiger partial charge in [-0.25, -0.2) is 4.57 Å². The molecule has 2 aromatic carbocycles. The predicted molar refractivity (Wildman–Crippen MR) is 82.6 cm³/mol. The first-order valence-electron chi connectivity index (χ1n) is 7.64. The Morgan fingerprint density at radius 2 is 1.68 bits per heavy atom. The van der Waals surface area contributed by atoms with Crippen LogP contribution in [0.5, 0.6) is 0 Å². The van der Waals surface area contributed by atoms with Crippen molar-refractivity contribution in [2.24, 2.45) is 0 Å². The lowest BCUT2D eigenvalue weighted by Gasteiger charge is -2.10. The Bertz CT molecular complexity index is 781. The zero-order chi connectivity index (χ0) is 14.9. The van der Waals surface area contributed by atoms with E-state index in [1.807, 2.05) is 65.3 Å². The maximum atomic E-state index is 10.9. The normalized spacial score (nSPS) is 14.8. The van der Waals surface area contributed by atoms with Crippen LogP contribution in [0.2, 0.25) is 0 Å². The maximum absolute atomic E-state index is 10.9. The van der Waals surface area contributed by atoms with Crippen molar-refractivity contribution >= 4 is 0 Å². The summed E-state index contributed by atoms with van der Waals surface area (Å²) in [4.78, 5) is 0. The Morgan fingerprint density at radius 1 is 1.00 bits per heavy atom. The van der Waals surface area contributed by atoms with E-state index in [1.54, 1.807) is 0 Å². The fraction of sp³-hybridized carbons (Fsp3) is 0.222. The highest BCUT2D eigenvalue weighted by Crippen LogP contribution is 2.23. The molecule has 1 aromatic heterocycles. The van der Waals surface area contributed by atoms with Crippen LogP contribution in [0.4, 0.5) is 0 Å². The minimum Gasteiger partial charge on any atom is -0.377 e. The Balaban J connectivity index is 1.87. The van der Waals surface area contributed by atoms with E-state index in [1.165, 1.54) is 0 Å². The van der Waals surface area contributed by atoms with Gasteiger partial charge in [0.1, 0.15) is 5.69 Å².